The van der Waals surface area contributed by atoms with Crippen LogP contribution in [-0.2, 0) is 6.54 Å². The highest BCUT2D eigenvalue weighted by atomic mass is 16.5. The maximum Gasteiger partial charge on any atom is 0.119 e. The summed E-state index contributed by atoms with van der Waals surface area (Å²) in [6.45, 7) is 10.6. The fraction of sp³-hybridized carbons (Fsp3) is 0.619. The van der Waals surface area contributed by atoms with Gasteiger partial charge in [-0.3, -0.25) is 9.80 Å². The molecular weight excluding hydrogens is 326 g/mol. The van der Waals surface area contributed by atoms with Gasteiger partial charge in [-0.1, -0.05) is 23.8 Å². The third-order valence-corrected chi connectivity index (χ3v) is 5.36. The van der Waals surface area contributed by atoms with Crippen molar-refractivity contribution < 1.29 is 9.84 Å². The summed E-state index contributed by atoms with van der Waals surface area (Å²) in [5.41, 5.74) is 2.81. The number of benzene rings is 1. The quantitative estimate of drug-likeness (QED) is 0.752. The number of rotatable bonds is 7. The summed E-state index contributed by atoms with van der Waals surface area (Å²) >= 11 is 0. The van der Waals surface area contributed by atoms with Gasteiger partial charge in [0.2, 0.25) is 0 Å². The first-order valence-electron chi connectivity index (χ1n) is 9.77. The first-order chi connectivity index (χ1) is 12.6. The van der Waals surface area contributed by atoms with Crippen LogP contribution in [0.4, 0.5) is 0 Å². The molecular formula is C21H33N3O2. The molecule has 1 N–H and O–H groups in total. The van der Waals surface area contributed by atoms with Crippen molar-refractivity contribution in [1.82, 2.24) is 14.7 Å². The number of β-amino-alcohol motifs (C(OH)–C–C–N with tert-alkyl or cyclic N) is 1. The zero-order chi connectivity index (χ0) is 18.4. The zero-order valence-corrected chi connectivity index (χ0v) is 16.2. The lowest BCUT2D eigenvalue weighted by Crippen LogP contribution is -2.47. The van der Waals surface area contributed by atoms with Crippen molar-refractivity contribution in [2.24, 2.45) is 0 Å². The second kappa shape index (κ2) is 9.51. The van der Waals surface area contributed by atoms with Gasteiger partial charge in [-0.05, 0) is 38.1 Å². The van der Waals surface area contributed by atoms with Crippen LogP contribution >= 0.6 is 0 Å². The molecule has 3 rings (SSSR count). The van der Waals surface area contributed by atoms with Crippen molar-refractivity contribution in [2.45, 2.75) is 26.0 Å². The summed E-state index contributed by atoms with van der Waals surface area (Å²) in [7, 11) is 2.14. The number of aliphatic hydroxyl groups is 1. The van der Waals surface area contributed by atoms with E-state index in [4.69, 9.17) is 4.74 Å². The van der Waals surface area contributed by atoms with E-state index >= 15 is 0 Å². The highest BCUT2D eigenvalue weighted by molar-refractivity contribution is 5.27. The van der Waals surface area contributed by atoms with Crippen LogP contribution in [0, 0.1) is 0 Å². The molecule has 0 radical (unpaired) electrons. The molecule has 0 aliphatic carbocycles. The molecule has 5 nitrogen and oxygen atoms in total. The van der Waals surface area contributed by atoms with Gasteiger partial charge in [-0.2, -0.15) is 0 Å². The van der Waals surface area contributed by atoms with Crippen LogP contribution in [0.15, 0.2) is 35.9 Å². The van der Waals surface area contributed by atoms with E-state index < -0.39 is 6.10 Å². The molecule has 1 aromatic carbocycles. The lowest BCUT2D eigenvalue weighted by molar-refractivity contribution is 0.0505. The Morgan fingerprint density at radius 2 is 1.77 bits per heavy atom. The standard InChI is InChI=1S/C21H33N3O2/c1-18-7-9-23(10-8-18)15-19-3-5-21(6-4-19)26-17-20(25)16-24-13-11-22(2)12-14-24/h3-7,20,25H,8-17H2,1-2H3. The fourth-order valence-corrected chi connectivity index (χ4v) is 3.48. The predicted octanol–water partition coefficient (Wildman–Crippen LogP) is 1.83. The summed E-state index contributed by atoms with van der Waals surface area (Å²) in [4.78, 5) is 7.09. The van der Waals surface area contributed by atoms with E-state index in [-0.39, 0.29) is 0 Å². The summed E-state index contributed by atoms with van der Waals surface area (Å²) < 4.78 is 5.78. The summed E-state index contributed by atoms with van der Waals surface area (Å²) in [6.07, 6.45) is 3.05. The number of hydrogen-bond acceptors (Lipinski definition) is 5. The Hall–Kier alpha value is -1.40. The predicted molar refractivity (Wildman–Crippen MR) is 106 cm³/mol. The Morgan fingerprint density at radius 1 is 1.04 bits per heavy atom. The van der Waals surface area contributed by atoms with Crippen LogP contribution in [0.1, 0.15) is 18.9 Å². The Morgan fingerprint density at radius 3 is 2.42 bits per heavy atom. The van der Waals surface area contributed by atoms with Gasteiger partial charge >= 0.3 is 0 Å². The molecule has 2 aliphatic rings. The molecule has 0 saturated carbocycles. The Balaban J connectivity index is 1.38. The van der Waals surface area contributed by atoms with Gasteiger partial charge in [0.05, 0.1) is 0 Å². The maximum absolute atomic E-state index is 10.2. The minimum Gasteiger partial charge on any atom is -0.491 e. The highest BCUT2D eigenvalue weighted by Crippen LogP contribution is 2.17. The summed E-state index contributed by atoms with van der Waals surface area (Å²) in [6, 6.07) is 8.30. The maximum atomic E-state index is 10.2. The molecule has 1 unspecified atom stereocenters. The van der Waals surface area contributed by atoms with Crippen molar-refractivity contribution >= 4 is 0 Å². The summed E-state index contributed by atoms with van der Waals surface area (Å²) in [5.74, 6) is 0.834. The number of likely N-dealkylation sites (N-methyl/N-ethyl adjacent to an activating group) is 1. The molecule has 0 spiro atoms. The molecule has 1 fully saturated rings. The van der Waals surface area contributed by atoms with Crippen LogP contribution in [0.3, 0.4) is 0 Å². The largest absolute Gasteiger partial charge is 0.491 e. The molecule has 144 valence electrons. The van der Waals surface area contributed by atoms with E-state index in [0.717, 1.165) is 51.6 Å². The molecule has 1 saturated heterocycles. The van der Waals surface area contributed by atoms with Gasteiger partial charge in [0.1, 0.15) is 18.5 Å². The fourth-order valence-electron chi connectivity index (χ4n) is 3.48. The first-order valence-corrected chi connectivity index (χ1v) is 9.77. The van der Waals surface area contributed by atoms with E-state index in [0.29, 0.717) is 13.2 Å². The molecule has 1 atom stereocenters. The molecule has 2 heterocycles. The average molecular weight is 360 g/mol. The number of ether oxygens (including phenoxy) is 1. The SMILES string of the molecule is CC1=CCN(Cc2ccc(OCC(O)CN3CCN(C)CC3)cc2)CC1. The smallest absolute Gasteiger partial charge is 0.119 e. The van der Waals surface area contributed by atoms with Crippen LogP contribution in [0.2, 0.25) is 0 Å². The van der Waals surface area contributed by atoms with Crippen molar-refractivity contribution in [2.75, 3.05) is 59.5 Å². The van der Waals surface area contributed by atoms with Crippen molar-refractivity contribution in [3.05, 3.63) is 41.5 Å². The van der Waals surface area contributed by atoms with E-state index in [1.807, 2.05) is 12.1 Å². The van der Waals surface area contributed by atoms with Gasteiger partial charge in [-0.25, -0.2) is 0 Å². The van der Waals surface area contributed by atoms with Crippen LogP contribution in [0.25, 0.3) is 0 Å². The number of piperazine rings is 1. The van der Waals surface area contributed by atoms with Crippen LogP contribution in [0.5, 0.6) is 5.75 Å². The lowest BCUT2D eigenvalue weighted by Gasteiger charge is -2.33. The third kappa shape index (κ3) is 6.09. The van der Waals surface area contributed by atoms with Gasteiger partial charge in [-0.15, -0.1) is 0 Å². The van der Waals surface area contributed by atoms with E-state index in [1.165, 1.54) is 17.6 Å². The normalized spacial score (nSPS) is 21.4. The lowest BCUT2D eigenvalue weighted by atomic mass is 10.1. The zero-order valence-electron chi connectivity index (χ0n) is 16.2. The molecule has 1 aromatic rings. The van der Waals surface area contributed by atoms with Gasteiger partial charge in [0.25, 0.3) is 0 Å². The first kappa shape index (κ1) is 19.4. The number of hydrogen-bond donors (Lipinski definition) is 1. The van der Waals surface area contributed by atoms with Gasteiger partial charge in [0.15, 0.2) is 0 Å². The molecule has 5 heteroatoms. The summed E-state index contributed by atoms with van der Waals surface area (Å²) in [5, 5.41) is 10.2. The average Bonchev–Trinajstić information content (AvgIpc) is 2.65. The molecule has 0 aromatic heterocycles. The van der Waals surface area contributed by atoms with Crippen molar-refractivity contribution in [1.29, 1.82) is 0 Å². The van der Waals surface area contributed by atoms with Crippen molar-refractivity contribution in [3.63, 3.8) is 0 Å². The van der Waals surface area contributed by atoms with Gasteiger partial charge in [0, 0.05) is 52.4 Å². The minimum atomic E-state index is -0.443. The monoisotopic (exact) mass is 359 g/mol. The molecule has 2 aliphatic heterocycles. The van der Waals surface area contributed by atoms with Gasteiger partial charge < -0.3 is 14.7 Å². The van der Waals surface area contributed by atoms with E-state index in [1.54, 1.807) is 0 Å². The Labute approximate surface area is 157 Å². The van der Waals surface area contributed by atoms with Crippen LogP contribution in [-0.4, -0.2) is 85.4 Å². The Bertz CT molecular complexity index is 579. The number of nitrogens with zero attached hydrogens (tertiary/aromatic N) is 3. The topological polar surface area (TPSA) is 39.2 Å². The third-order valence-electron chi connectivity index (χ3n) is 5.36. The number of aliphatic hydroxyl groups excluding tert-OH is 1. The second-order valence-electron chi connectivity index (χ2n) is 7.75. The highest BCUT2D eigenvalue weighted by Gasteiger charge is 2.17. The second-order valence-corrected chi connectivity index (χ2v) is 7.75. The minimum absolute atomic E-state index is 0.349. The van der Waals surface area contributed by atoms with E-state index in [9.17, 15) is 5.11 Å². The van der Waals surface area contributed by atoms with Crippen LogP contribution < -0.4 is 4.74 Å². The molecule has 26 heavy (non-hydrogen) atoms. The van der Waals surface area contributed by atoms with Crippen molar-refractivity contribution in [3.8, 4) is 5.75 Å². The molecule has 0 bridgehead atoms. The Kier molecular flexibility index (Phi) is 7.08. The van der Waals surface area contributed by atoms with E-state index in [2.05, 4.69) is 46.9 Å². The molecule has 0 amide bonds.